The summed E-state index contributed by atoms with van der Waals surface area (Å²) >= 11 is 0. The summed E-state index contributed by atoms with van der Waals surface area (Å²) in [5, 5.41) is 20.1. The average Bonchev–Trinajstić information content (AvgIpc) is 2.27. The number of fused-ring (bicyclic) bond motifs is 1. The molecular weight excluding hydrogens is 190 g/mol. The van der Waals surface area contributed by atoms with Crippen LogP contribution >= 0.6 is 0 Å². The first kappa shape index (κ1) is 10.1. The SMILES string of the molecule is N[C@H](c1cccc2ccccc12)C(O)O. The Balaban J connectivity index is 2.60. The Hall–Kier alpha value is -1.42. The van der Waals surface area contributed by atoms with E-state index >= 15 is 0 Å². The van der Waals surface area contributed by atoms with Gasteiger partial charge >= 0.3 is 0 Å². The van der Waals surface area contributed by atoms with E-state index in [2.05, 4.69) is 0 Å². The van der Waals surface area contributed by atoms with Crippen molar-refractivity contribution in [3.8, 4) is 0 Å². The molecule has 0 saturated carbocycles. The van der Waals surface area contributed by atoms with Gasteiger partial charge in [-0.05, 0) is 16.3 Å². The number of hydrogen-bond donors (Lipinski definition) is 3. The van der Waals surface area contributed by atoms with Crippen LogP contribution in [0.25, 0.3) is 10.8 Å². The van der Waals surface area contributed by atoms with Gasteiger partial charge in [0.15, 0.2) is 6.29 Å². The number of nitrogens with two attached hydrogens (primary N) is 1. The van der Waals surface area contributed by atoms with Gasteiger partial charge in [0.25, 0.3) is 0 Å². The highest BCUT2D eigenvalue weighted by atomic mass is 16.5. The van der Waals surface area contributed by atoms with E-state index in [1.807, 2.05) is 42.5 Å². The summed E-state index contributed by atoms with van der Waals surface area (Å²) in [5.74, 6) is 0. The molecule has 0 aliphatic carbocycles. The molecule has 0 unspecified atom stereocenters. The Kier molecular flexibility index (Phi) is 2.68. The lowest BCUT2D eigenvalue weighted by Crippen LogP contribution is -2.25. The first-order valence-corrected chi connectivity index (χ1v) is 4.79. The number of aliphatic hydroxyl groups excluding tert-OH is 1. The van der Waals surface area contributed by atoms with Crippen LogP contribution in [-0.2, 0) is 0 Å². The number of aliphatic hydroxyl groups is 2. The Bertz CT molecular complexity index is 463. The topological polar surface area (TPSA) is 66.5 Å². The summed E-state index contributed by atoms with van der Waals surface area (Å²) in [6.45, 7) is 0. The average molecular weight is 203 g/mol. The van der Waals surface area contributed by atoms with Crippen LogP contribution in [0.5, 0.6) is 0 Å². The van der Waals surface area contributed by atoms with E-state index in [1.165, 1.54) is 0 Å². The Morgan fingerprint density at radius 1 is 0.933 bits per heavy atom. The Labute approximate surface area is 87.8 Å². The highest BCUT2D eigenvalue weighted by molar-refractivity contribution is 5.86. The van der Waals surface area contributed by atoms with Crippen LogP contribution in [0.4, 0.5) is 0 Å². The Morgan fingerprint density at radius 2 is 1.60 bits per heavy atom. The summed E-state index contributed by atoms with van der Waals surface area (Å²) in [4.78, 5) is 0. The molecule has 0 radical (unpaired) electrons. The van der Waals surface area contributed by atoms with E-state index in [1.54, 1.807) is 0 Å². The molecule has 78 valence electrons. The minimum atomic E-state index is -1.53. The molecule has 2 aromatic carbocycles. The molecule has 15 heavy (non-hydrogen) atoms. The van der Waals surface area contributed by atoms with Gasteiger partial charge in [-0.3, -0.25) is 0 Å². The van der Waals surface area contributed by atoms with Gasteiger partial charge in [-0.2, -0.15) is 0 Å². The summed E-state index contributed by atoms with van der Waals surface area (Å²) < 4.78 is 0. The molecule has 0 aliphatic heterocycles. The fraction of sp³-hybridized carbons (Fsp3) is 0.167. The van der Waals surface area contributed by atoms with E-state index in [-0.39, 0.29) is 0 Å². The van der Waals surface area contributed by atoms with E-state index in [0.29, 0.717) is 0 Å². The second kappa shape index (κ2) is 3.98. The monoisotopic (exact) mass is 203 g/mol. The van der Waals surface area contributed by atoms with Crippen molar-refractivity contribution >= 4 is 10.8 Å². The predicted molar refractivity (Wildman–Crippen MR) is 59.1 cm³/mol. The smallest absolute Gasteiger partial charge is 0.171 e. The highest BCUT2D eigenvalue weighted by Crippen LogP contribution is 2.24. The van der Waals surface area contributed by atoms with Gasteiger partial charge in [0.05, 0.1) is 6.04 Å². The number of rotatable bonds is 2. The van der Waals surface area contributed by atoms with E-state index in [9.17, 15) is 0 Å². The quantitative estimate of drug-likeness (QED) is 0.641. The summed E-state index contributed by atoms with van der Waals surface area (Å²) in [5.41, 5.74) is 6.46. The van der Waals surface area contributed by atoms with Crippen molar-refractivity contribution in [3.05, 3.63) is 48.0 Å². The molecule has 0 spiro atoms. The zero-order chi connectivity index (χ0) is 10.8. The van der Waals surface area contributed by atoms with Crippen LogP contribution in [0.3, 0.4) is 0 Å². The molecule has 2 rings (SSSR count). The predicted octanol–water partition coefficient (Wildman–Crippen LogP) is 1.15. The van der Waals surface area contributed by atoms with E-state index in [4.69, 9.17) is 15.9 Å². The summed E-state index contributed by atoms with van der Waals surface area (Å²) in [6, 6.07) is 12.6. The standard InChI is InChI=1S/C12H13NO2/c13-11(12(14)15)10-7-3-5-8-4-1-2-6-9(8)10/h1-7,11-12,14-15H,13H2/t11-/m1/s1. The van der Waals surface area contributed by atoms with Crippen molar-refractivity contribution in [2.75, 3.05) is 0 Å². The van der Waals surface area contributed by atoms with Gasteiger partial charge in [-0.25, -0.2) is 0 Å². The summed E-state index contributed by atoms with van der Waals surface area (Å²) in [7, 11) is 0. The molecule has 3 heteroatoms. The van der Waals surface area contributed by atoms with Gasteiger partial charge in [0.2, 0.25) is 0 Å². The normalized spacial score (nSPS) is 13.3. The Morgan fingerprint density at radius 3 is 2.33 bits per heavy atom. The maximum Gasteiger partial charge on any atom is 0.171 e. The van der Waals surface area contributed by atoms with Crippen LogP contribution in [0.15, 0.2) is 42.5 Å². The van der Waals surface area contributed by atoms with Crippen LogP contribution in [0.2, 0.25) is 0 Å². The molecule has 0 saturated heterocycles. The minimum Gasteiger partial charge on any atom is -0.366 e. The summed E-state index contributed by atoms with van der Waals surface area (Å²) in [6.07, 6.45) is -1.53. The van der Waals surface area contributed by atoms with E-state index < -0.39 is 12.3 Å². The van der Waals surface area contributed by atoms with Crippen LogP contribution in [0, 0.1) is 0 Å². The van der Waals surface area contributed by atoms with Gasteiger partial charge in [-0.15, -0.1) is 0 Å². The van der Waals surface area contributed by atoms with E-state index in [0.717, 1.165) is 16.3 Å². The van der Waals surface area contributed by atoms with Crippen molar-refractivity contribution in [1.82, 2.24) is 0 Å². The van der Waals surface area contributed by atoms with Crippen molar-refractivity contribution in [2.24, 2.45) is 5.73 Å². The molecule has 4 N–H and O–H groups in total. The lowest BCUT2D eigenvalue weighted by Gasteiger charge is -2.16. The zero-order valence-corrected chi connectivity index (χ0v) is 8.17. The fourth-order valence-electron chi connectivity index (χ4n) is 1.70. The molecule has 1 atom stereocenters. The zero-order valence-electron chi connectivity index (χ0n) is 8.17. The second-order valence-corrected chi connectivity index (χ2v) is 3.51. The lowest BCUT2D eigenvalue weighted by molar-refractivity contribution is -0.0586. The maximum atomic E-state index is 9.06. The maximum absolute atomic E-state index is 9.06. The molecule has 2 aromatic rings. The third kappa shape index (κ3) is 1.85. The minimum absolute atomic E-state index is 0.753. The largest absolute Gasteiger partial charge is 0.366 e. The molecule has 3 nitrogen and oxygen atoms in total. The third-order valence-electron chi connectivity index (χ3n) is 2.50. The van der Waals surface area contributed by atoms with Crippen LogP contribution in [-0.4, -0.2) is 16.5 Å². The number of benzene rings is 2. The van der Waals surface area contributed by atoms with Crippen molar-refractivity contribution in [2.45, 2.75) is 12.3 Å². The molecule has 0 heterocycles. The molecule has 0 fully saturated rings. The third-order valence-corrected chi connectivity index (χ3v) is 2.50. The van der Waals surface area contributed by atoms with Gasteiger partial charge < -0.3 is 15.9 Å². The highest BCUT2D eigenvalue weighted by Gasteiger charge is 2.15. The fourth-order valence-corrected chi connectivity index (χ4v) is 1.70. The molecule has 0 bridgehead atoms. The van der Waals surface area contributed by atoms with Crippen LogP contribution < -0.4 is 5.73 Å². The molecule has 0 aliphatic rings. The first-order valence-electron chi connectivity index (χ1n) is 4.79. The second-order valence-electron chi connectivity index (χ2n) is 3.51. The lowest BCUT2D eigenvalue weighted by atomic mass is 9.99. The van der Waals surface area contributed by atoms with Gasteiger partial charge in [-0.1, -0.05) is 42.5 Å². The first-order chi connectivity index (χ1) is 7.20. The van der Waals surface area contributed by atoms with Crippen molar-refractivity contribution in [3.63, 3.8) is 0 Å². The molecule has 0 amide bonds. The molecule has 0 aromatic heterocycles. The van der Waals surface area contributed by atoms with Crippen LogP contribution in [0.1, 0.15) is 11.6 Å². The number of hydrogen-bond acceptors (Lipinski definition) is 3. The van der Waals surface area contributed by atoms with Crippen molar-refractivity contribution < 1.29 is 10.2 Å². The molecular formula is C12H13NO2. The van der Waals surface area contributed by atoms with Gasteiger partial charge in [0, 0.05) is 0 Å². The van der Waals surface area contributed by atoms with Crippen molar-refractivity contribution in [1.29, 1.82) is 0 Å². The van der Waals surface area contributed by atoms with Gasteiger partial charge in [0.1, 0.15) is 0 Å².